The summed E-state index contributed by atoms with van der Waals surface area (Å²) in [6, 6.07) is 0. The van der Waals surface area contributed by atoms with Crippen molar-refractivity contribution in [3.8, 4) is 0 Å². The molecule has 0 spiro atoms. The fraction of sp³-hybridized carbons (Fsp3) is 0.591. The maximum atomic E-state index is 10.3. The van der Waals surface area contributed by atoms with Gasteiger partial charge in [0.25, 0.3) is 0 Å². The third-order valence-corrected chi connectivity index (χ3v) is 4.89. The Bertz CT molecular complexity index is 535. The molecule has 0 aromatic carbocycles. The topological polar surface area (TPSA) is 98.0 Å². The molecule has 1 aliphatic rings. The van der Waals surface area contributed by atoms with E-state index in [1.807, 2.05) is 49.5 Å². The Hall–Kier alpha value is -1.69. The van der Waals surface area contributed by atoms with E-state index in [9.17, 15) is 20.1 Å². The van der Waals surface area contributed by atoms with Crippen LogP contribution in [0.1, 0.15) is 51.9 Å². The molecule has 0 aromatic heterocycles. The Labute approximate surface area is 162 Å². The third kappa shape index (κ3) is 9.70. The summed E-state index contributed by atoms with van der Waals surface area (Å²) < 4.78 is 0. The van der Waals surface area contributed by atoms with E-state index >= 15 is 0 Å². The first-order valence-electron chi connectivity index (χ1n) is 9.85. The average molecular weight is 379 g/mol. The molecule has 4 N–H and O–H groups in total. The number of aliphatic hydroxyl groups is 3. The number of allylic oxidation sites excluding steroid dienone is 5. The maximum Gasteiger partial charge on any atom is 0.303 e. The zero-order valence-electron chi connectivity index (χ0n) is 16.2. The summed E-state index contributed by atoms with van der Waals surface area (Å²) in [4.78, 5) is 10.3. The Morgan fingerprint density at radius 2 is 1.67 bits per heavy atom. The van der Waals surface area contributed by atoms with Crippen LogP contribution in [0, 0.1) is 11.8 Å². The van der Waals surface area contributed by atoms with Crippen LogP contribution >= 0.6 is 0 Å². The highest BCUT2D eigenvalue weighted by atomic mass is 16.4. The minimum Gasteiger partial charge on any atom is -0.481 e. The van der Waals surface area contributed by atoms with Crippen LogP contribution in [-0.4, -0.2) is 44.7 Å². The van der Waals surface area contributed by atoms with Crippen molar-refractivity contribution in [2.75, 3.05) is 0 Å². The van der Waals surface area contributed by atoms with Gasteiger partial charge in [-0.25, -0.2) is 0 Å². The zero-order chi connectivity index (χ0) is 20.1. The molecular weight excluding hydrogens is 344 g/mol. The summed E-state index contributed by atoms with van der Waals surface area (Å²) in [6.07, 6.45) is 17.8. The van der Waals surface area contributed by atoms with Crippen molar-refractivity contribution in [3.63, 3.8) is 0 Å². The molecule has 0 aromatic rings. The first kappa shape index (κ1) is 23.3. The van der Waals surface area contributed by atoms with Crippen LogP contribution < -0.4 is 0 Å². The quantitative estimate of drug-likeness (QED) is 0.390. The normalized spacial score (nSPS) is 27.6. The summed E-state index contributed by atoms with van der Waals surface area (Å²) in [5, 5.41) is 38.5. The lowest BCUT2D eigenvalue weighted by atomic mass is 9.90. The van der Waals surface area contributed by atoms with Gasteiger partial charge in [-0.1, -0.05) is 62.0 Å². The summed E-state index contributed by atoms with van der Waals surface area (Å²) in [5.41, 5.74) is 0. The van der Waals surface area contributed by atoms with Gasteiger partial charge < -0.3 is 20.4 Å². The van der Waals surface area contributed by atoms with E-state index in [4.69, 9.17) is 5.11 Å². The second-order valence-electron chi connectivity index (χ2n) is 7.03. The van der Waals surface area contributed by atoms with Gasteiger partial charge in [-0.2, -0.15) is 0 Å². The van der Waals surface area contributed by atoms with Gasteiger partial charge in [0, 0.05) is 18.8 Å². The maximum absolute atomic E-state index is 10.3. The van der Waals surface area contributed by atoms with Crippen molar-refractivity contribution in [2.45, 2.75) is 70.2 Å². The summed E-state index contributed by atoms with van der Waals surface area (Å²) in [5.74, 6) is -0.808. The van der Waals surface area contributed by atoms with Gasteiger partial charge in [-0.05, 0) is 31.6 Å². The summed E-state index contributed by atoms with van der Waals surface area (Å²) >= 11 is 0. The molecule has 27 heavy (non-hydrogen) atoms. The lowest BCUT2D eigenvalue weighted by molar-refractivity contribution is -0.136. The molecular formula is C22H34O5. The molecule has 0 bridgehead atoms. The van der Waals surface area contributed by atoms with Crippen LogP contribution in [0.4, 0.5) is 0 Å². The minimum atomic E-state index is -0.778. The molecule has 0 amide bonds. The molecule has 1 rings (SSSR count). The van der Waals surface area contributed by atoms with Crippen LogP contribution in [0.15, 0.2) is 48.6 Å². The molecule has 0 saturated heterocycles. The predicted molar refractivity (Wildman–Crippen MR) is 107 cm³/mol. The van der Waals surface area contributed by atoms with Crippen molar-refractivity contribution in [3.05, 3.63) is 48.6 Å². The smallest absolute Gasteiger partial charge is 0.303 e. The van der Waals surface area contributed by atoms with Crippen LogP contribution in [0.2, 0.25) is 0 Å². The lowest BCUT2D eigenvalue weighted by Crippen LogP contribution is -2.20. The summed E-state index contributed by atoms with van der Waals surface area (Å²) in [6.45, 7) is 2.01. The van der Waals surface area contributed by atoms with Gasteiger partial charge in [0.05, 0.1) is 18.3 Å². The molecule has 5 heteroatoms. The van der Waals surface area contributed by atoms with Crippen LogP contribution in [0.3, 0.4) is 0 Å². The number of hydrogen-bond donors (Lipinski definition) is 4. The molecule has 5 atom stereocenters. The highest BCUT2D eigenvalue weighted by Crippen LogP contribution is 2.35. The van der Waals surface area contributed by atoms with Crippen molar-refractivity contribution in [1.29, 1.82) is 0 Å². The van der Waals surface area contributed by atoms with E-state index in [1.165, 1.54) is 0 Å². The van der Waals surface area contributed by atoms with Crippen molar-refractivity contribution < 1.29 is 25.2 Å². The second kappa shape index (κ2) is 13.5. The molecule has 0 radical (unpaired) electrons. The van der Waals surface area contributed by atoms with E-state index in [0.29, 0.717) is 19.3 Å². The fourth-order valence-corrected chi connectivity index (χ4v) is 3.37. The predicted octanol–water partition coefficient (Wildman–Crippen LogP) is 3.38. The first-order valence-corrected chi connectivity index (χ1v) is 9.85. The summed E-state index contributed by atoms with van der Waals surface area (Å²) in [7, 11) is 0. The van der Waals surface area contributed by atoms with Crippen LogP contribution in [-0.2, 0) is 4.79 Å². The Kier molecular flexibility index (Phi) is 11.7. The SMILES string of the molecule is CC[C@H]1[C@@H](/C=C/[C@@H](O)C/C=C\C/C=C\C/C=C\CCC(=O)O)[C@H](O)C[C@@H]1O. The van der Waals surface area contributed by atoms with Gasteiger partial charge in [0.2, 0.25) is 0 Å². The van der Waals surface area contributed by atoms with Crippen molar-refractivity contribution in [2.24, 2.45) is 11.8 Å². The number of aliphatic hydroxyl groups excluding tert-OH is 3. The molecule has 0 unspecified atom stereocenters. The van der Waals surface area contributed by atoms with Crippen molar-refractivity contribution >= 4 is 5.97 Å². The zero-order valence-corrected chi connectivity index (χ0v) is 16.2. The number of hydrogen-bond acceptors (Lipinski definition) is 4. The molecule has 1 saturated carbocycles. The largest absolute Gasteiger partial charge is 0.481 e. The second-order valence-corrected chi connectivity index (χ2v) is 7.03. The average Bonchev–Trinajstić information content (AvgIpc) is 2.90. The molecule has 1 fully saturated rings. The highest BCUT2D eigenvalue weighted by molar-refractivity contribution is 5.66. The Morgan fingerprint density at radius 1 is 1.04 bits per heavy atom. The third-order valence-electron chi connectivity index (χ3n) is 4.89. The number of carboxylic acids is 1. The Morgan fingerprint density at radius 3 is 2.30 bits per heavy atom. The number of aliphatic carboxylic acids is 1. The number of rotatable bonds is 12. The first-order chi connectivity index (χ1) is 13.0. The van der Waals surface area contributed by atoms with Crippen LogP contribution in [0.25, 0.3) is 0 Å². The van der Waals surface area contributed by atoms with Gasteiger partial charge in [0.1, 0.15) is 0 Å². The van der Waals surface area contributed by atoms with Gasteiger partial charge in [-0.15, -0.1) is 0 Å². The van der Waals surface area contributed by atoms with E-state index in [2.05, 4.69) is 0 Å². The minimum absolute atomic E-state index is 0.0577. The number of carbonyl (C=O) groups is 1. The molecule has 0 aliphatic heterocycles. The lowest BCUT2D eigenvalue weighted by Gasteiger charge is -2.19. The molecule has 5 nitrogen and oxygen atoms in total. The van der Waals surface area contributed by atoms with E-state index in [-0.39, 0.29) is 18.3 Å². The van der Waals surface area contributed by atoms with E-state index in [0.717, 1.165) is 19.3 Å². The molecule has 152 valence electrons. The van der Waals surface area contributed by atoms with Gasteiger partial charge >= 0.3 is 5.97 Å². The van der Waals surface area contributed by atoms with E-state index < -0.39 is 24.3 Å². The van der Waals surface area contributed by atoms with Crippen LogP contribution in [0.5, 0.6) is 0 Å². The number of carboxylic acid groups (broad SMARTS) is 1. The highest BCUT2D eigenvalue weighted by Gasteiger charge is 2.38. The van der Waals surface area contributed by atoms with E-state index in [1.54, 1.807) is 6.08 Å². The molecule has 0 heterocycles. The Balaban J connectivity index is 2.21. The van der Waals surface area contributed by atoms with Gasteiger partial charge in [0.15, 0.2) is 0 Å². The standard InChI is InChI=1S/C22H34O5/c1-2-18-19(21(25)16-20(18)24)15-14-17(23)12-10-8-6-4-3-5-7-9-11-13-22(26)27/h3-4,7-10,14-15,17-21,23-25H,2,5-6,11-13,16H2,1H3,(H,26,27)/b4-3-,9-7-,10-8-,15-14+/t17-,18-,19+,20-,21+/m0/s1. The van der Waals surface area contributed by atoms with Crippen molar-refractivity contribution in [1.82, 2.24) is 0 Å². The molecule has 1 aliphatic carbocycles. The van der Waals surface area contributed by atoms with Gasteiger partial charge in [-0.3, -0.25) is 4.79 Å². The fourth-order valence-electron chi connectivity index (χ4n) is 3.37. The monoisotopic (exact) mass is 378 g/mol.